The normalized spacial score (nSPS) is 13.5. The second kappa shape index (κ2) is 7.45. The molecule has 0 amide bonds. The third-order valence-corrected chi connectivity index (χ3v) is 2.87. The molecule has 1 atom stereocenters. The zero-order valence-electron chi connectivity index (χ0n) is 10.8. The van der Waals surface area contributed by atoms with Crippen molar-refractivity contribution in [3.8, 4) is 0 Å². The minimum atomic E-state index is -0.220. The smallest absolute Gasteiger partial charge is 0.158 e. The van der Waals surface area contributed by atoms with Crippen LogP contribution in [0.4, 0.5) is 0 Å². The first-order valence-corrected chi connectivity index (χ1v) is 5.69. The SMILES string of the molecule is COC(CC(CN)N(C)Cc1ccco1)OC. The molecule has 0 spiro atoms. The van der Waals surface area contributed by atoms with Crippen LogP contribution < -0.4 is 5.73 Å². The summed E-state index contributed by atoms with van der Waals surface area (Å²) in [6.45, 7) is 1.29. The summed E-state index contributed by atoms with van der Waals surface area (Å²) >= 11 is 0. The van der Waals surface area contributed by atoms with Crippen molar-refractivity contribution in [2.75, 3.05) is 27.8 Å². The first kappa shape index (κ1) is 14.2. The van der Waals surface area contributed by atoms with E-state index in [1.54, 1.807) is 20.5 Å². The highest BCUT2D eigenvalue weighted by Gasteiger charge is 2.19. The van der Waals surface area contributed by atoms with Gasteiger partial charge < -0.3 is 19.6 Å². The highest BCUT2D eigenvalue weighted by Crippen LogP contribution is 2.12. The maximum atomic E-state index is 5.78. The standard InChI is InChI=1S/C12H22N2O3/c1-14(9-11-5-4-6-17-11)10(8-13)7-12(15-2)16-3/h4-6,10,12H,7-9,13H2,1-3H3. The van der Waals surface area contributed by atoms with Gasteiger partial charge in [-0.05, 0) is 19.2 Å². The predicted molar refractivity (Wildman–Crippen MR) is 65.4 cm³/mol. The molecule has 0 aliphatic heterocycles. The number of hydrogen-bond acceptors (Lipinski definition) is 5. The molecule has 98 valence electrons. The average Bonchev–Trinajstić information content (AvgIpc) is 2.83. The van der Waals surface area contributed by atoms with Crippen molar-refractivity contribution in [3.63, 3.8) is 0 Å². The average molecular weight is 242 g/mol. The molecule has 0 saturated carbocycles. The topological polar surface area (TPSA) is 60.9 Å². The molecular weight excluding hydrogens is 220 g/mol. The van der Waals surface area contributed by atoms with Crippen LogP contribution in [0.2, 0.25) is 0 Å². The molecule has 1 rings (SSSR count). The lowest BCUT2D eigenvalue weighted by atomic mass is 10.1. The van der Waals surface area contributed by atoms with Crippen molar-refractivity contribution in [2.24, 2.45) is 5.73 Å². The Bertz CT molecular complexity index is 286. The number of furan rings is 1. The predicted octanol–water partition coefficient (Wildman–Crippen LogP) is 1.05. The van der Waals surface area contributed by atoms with E-state index in [4.69, 9.17) is 19.6 Å². The summed E-state index contributed by atoms with van der Waals surface area (Å²) in [4.78, 5) is 2.14. The Kier molecular flexibility index (Phi) is 6.21. The van der Waals surface area contributed by atoms with E-state index in [0.29, 0.717) is 6.54 Å². The molecule has 0 aliphatic rings. The maximum Gasteiger partial charge on any atom is 0.158 e. The molecule has 0 aromatic carbocycles. The third kappa shape index (κ3) is 4.47. The minimum absolute atomic E-state index is 0.199. The molecule has 0 radical (unpaired) electrons. The van der Waals surface area contributed by atoms with Gasteiger partial charge >= 0.3 is 0 Å². The second-order valence-electron chi connectivity index (χ2n) is 4.02. The Morgan fingerprint density at radius 1 is 1.41 bits per heavy atom. The lowest BCUT2D eigenvalue weighted by Crippen LogP contribution is -2.40. The van der Waals surface area contributed by atoms with Gasteiger partial charge in [0.2, 0.25) is 0 Å². The van der Waals surface area contributed by atoms with Gasteiger partial charge in [-0.3, -0.25) is 4.90 Å². The van der Waals surface area contributed by atoms with Crippen molar-refractivity contribution in [3.05, 3.63) is 24.2 Å². The molecule has 1 unspecified atom stereocenters. The molecule has 0 bridgehead atoms. The van der Waals surface area contributed by atoms with Gasteiger partial charge in [0.1, 0.15) is 5.76 Å². The summed E-state index contributed by atoms with van der Waals surface area (Å²) in [5.41, 5.74) is 5.78. The van der Waals surface area contributed by atoms with Crippen LogP contribution in [0.3, 0.4) is 0 Å². The highest BCUT2D eigenvalue weighted by molar-refractivity contribution is 4.98. The molecule has 0 fully saturated rings. The molecule has 0 saturated heterocycles. The quantitative estimate of drug-likeness (QED) is 0.690. The Hall–Kier alpha value is -0.880. The highest BCUT2D eigenvalue weighted by atomic mass is 16.7. The van der Waals surface area contributed by atoms with Gasteiger partial charge in [0.05, 0.1) is 12.8 Å². The van der Waals surface area contributed by atoms with Gasteiger partial charge in [-0.1, -0.05) is 0 Å². The summed E-state index contributed by atoms with van der Waals surface area (Å²) in [6, 6.07) is 4.03. The van der Waals surface area contributed by atoms with Gasteiger partial charge in [-0.2, -0.15) is 0 Å². The second-order valence-corrected chi connectivity index (χ2v) is 4.02. The number of methoxy groups -OCH3 is 2. The van der Waals surface area contributed by atoms with E-state index >= 15 is 0 Å². The van der Waals surface area contributed by atoms with E-state index in [1.165, 1.54) is 0 Å². The van der Waals surface area contributed by atoms with Crippen molar-refractivity contribution in [1.29, 1.82) is 0 Å². The van der Waals surface area contributed by atoms with Crippen LogP contribution in [0.5, 0.6) is 0 Å². The number of rotatable bonds is 8. The summed E-state index contributed by atoms with van der Waals surface area (Å²) in [5, 5.41) is 0. The molecule has 2 N–H and O–H groups in total. The number of hydrogen-bond donors (Lipinski definition) is 1. The number of nitrogens with zero attached hydrogens (tertiary/aromatic N) is 1. The van der Waals surface area contributed by atoms with Gasteiger partial charge in [-0.25, -0.2) is 0 Å². The number of nitrogens with two attached hydrogens (primary N) is 1. The van der Waals surface area contributed by atoms with E-state index in [0.717, 1.165) is 18.7 Å². The van der Waals surface area contributed by atoms with Gasteiger partial charge in [0, 0.05) is 33.2 Å². The van der Waals surface area contributed by atoms with Crippen LogP contribution in [-0.2, 0) is 16.0 Å². The van der Waals surface area contributed by atoms with Crippen LogP contribution >= 0.6 is 0 Å². The molecular formula is C12H22N2O3. The zero-order valence-corrected chi connectivity index (χ0v) is 10.8. The minimum Gasteiger partial charge on any atom is -0.468 e. The maximum absolute atomic E-state index is 5.78. The lowest BCUT2D eigenvalue weighted by molar-refractivity contribution is -0.116. The van der Waals surface area contributed by atoms with E-state index in [9.17, 15) is 0 Å². The molecule has 0 aliphatic carbocycles. The van der Waals surface area contributed by atoms with Gasteiger partial charge in [-0.15, -0.1) is 0 Å². The Morgan fingerprint density at radius 2 is 2.12 bits per heavy atom. The molecule has 1 aromatic heterocycles. The summed E-state index contributed by atoms with van der Waals surface area (Å²) in [7, 11) is 5.28. The van der Waals surface area contributed by atoms with E-state index in [-0.39, 0.29) is 12.3 Å². The van der Waals surface area contributed by atoms with E-state index < -0.39 is 0 Å². The molecule has 1 heterocycles. The molecule has 17 heavy (non-hydrogen) atoms. The van der Waals surface area contributed by atoms with Crippen molar-refractivity contribution >= 4 is 0 Å². The fraction of sp³-hybridized carbons (Fsp3) is 0.667. The number of likely N-dealkylation sites (N-methyl/N-ethyl adjacent to an activating group) is 1. The van der Waals surface area contributed by atoms with Crippen molar-refractivity contribution in [1.82, 2.24) is 4.90 Å². The van der Waals surface area contributed by atoms with Crippen LogP contribution in [0, 0.1) is 0 Å². The van der Waals surface area contributed by atoms with Crippen molar-refractivity contribution < 1.29 is 13.9 Å². The Labute approximate surface area is 102 Å². The van der Waals surface area contributed by atoms with Crippen molar-refractivity contribution in [2.45, 2.75) is 25.3 Å². The summed E-state index contributed by atoms with van der Waals surface area (Å²) in [5.74, 6) is 0.928. The fourth-order valence-corrected chi connectivity index (χ4v) is 1.74. The Morgan fingerprint density at radius 3 is 2.59 bits per heavy atom. The van der Waals surface area contributed by atoms with E-state index in [2.05, 4.69) is 4.90 Å². The van der Waals surface area contributed by atoms with Crippen LogP contribution in [0.25, 0.3) is 0 Å². The van der Waals surface area contributed by atoms with Gasteiger partial charge in [0.25, 0.3) is 0 Å². The third-order valence-electron chi connectivity index (χ3n) is 2.87. The lowest BCUT2D eigenvalue weighted by Gasteiger charge is -2.28. The zero-order chi connectivity index (χ0) is 12.7. The first-order valence-electron chi connectivity index (χ1n) is 5.69. The molecule has 5 nitrogen and oxygen atoms in total. The fourth-order valence-electron chi connectivity index (χ4n) is 1.74. The summed E-state index contributed by atoms with van der Waals surface area (Å²) in [6.07, 6.45) is 2.19. The van der Waals surface area contributed by atoms with E-state index in [1.807, 2.05) is 19.2 Å². The molecule has 1 aromatic rings. The molecule has 5 heteroatoms. The Balaban J connectivity index is 2.48. The largest absolute Gasteiger partial charge is 0.468 e. The van der Waals surface area contributed by atoms with Gasteiger partial charge in [0.15, 0.2) is 6.29 Å². The number of ether oxygens (including phenoxy) is 2. The first-order chi connectivity index (χ1) is 8.21. The van der Waals surface area contributed by atoms with Crippen LogP contribution in [0.1, 0.15) is 12.2 Å². The summed E-state index contributed by atoms with van der Waals surface area (Å²) < 4.78 is 15.7. The van der Waals surface area contributed by atoms with Crippen LogP contribution in [-0.4, -0.2) is 45.0 Å². The monoisotopic (exact) mass is 242 g/mol. The van der Waals surface area contributed by atoms with Crippen LogP contribution in [0.15, 0.2) is 22.8 Å².